The first-order chi connectivity index (χ1) is 70.9. The van der Waals surface area contributed by atoms with Crippen LogP contribution in [0.5, 0.6) is 0 Å². The minimum Gasteiger partial charge on any atom is -0.309 e. The van der Waals surface area contributed by atoms with Crippen molar-refractivity contribution >= 4 is 109 Å². The minimum atomic E-state index is 0.930. The van der Waals surface area contributed by atoms with Crippen molar-refractivity contribution in [2.45, 2.75) is 0 Å². The van der Waals surface area contributed by atoms with E-state index in [4.69, 9.17) is 15.0 Å². The standard InChI is InChI=1S/C53H35N3.C47H31N3.C35H24N2/c1-3-16-36(17-4-1)38-20-15-21-39(30-38)49-34-41(33-48(54-49)37-18-5-2-6-19-37)40-31-42(55-50-26-11-7-22-44(50)45-23-8-12-27-51(45)55)35-43(32-40)56-52-28-13-9-24-46(52)47-25-10-14-29-53(47)56;1-3-15-32(16-4-1)42-29-35(30-43(48-42)33-17-5-2-6-18-33)34-27-36(49-44-23-11-7-19-38(44)39-20-8-12-24-45(39)49)31-37(28-34)50-46-25-13-9-21-40(46)41-22-10-14-26-47(41)50;1-3-11-26(12-4-1)32-23-28(24-33(36-32)27-13-5-2-6-14-27)25-19-21-29(22-20-25)37-34-17-9-7-15-30(34)31-16-8-10-18-35(31)37/h1-35H;1-31H;1-24H. The number of fused-ring (bicyclic) bond motifs is 15. The van der Waals surface area contributed by atoms with Gasteiger partial charge in [0.1, 0.15) is 0 Å². The molecule has 0 aliphatic carbocycles. The molecule has 670 valence electrons. The van der Waals surface area contributed by atoms with Crippen LogP contribution in [0.2, 0.25) is 0 Å². The molecule has 0 saturated carbocycles. The number of aromatic nitrogens is 8. The Morgan fingerprint density at radius 3 is 0.503 bits per heavy atom. The second-order valence-electron chi connectivity index (χ2n) is 36.5. The fourth-order valence-corrected chi connectivity index (χ4v) is 21.4. The van der Waals surface area contributed by atoms with Gasteiger partial charge in [0.05, 0.1) is 89.3 Å². The Morgan fingerprint density at radius 1 is 0.0979 bits per heavy atom. The molecule has 8 heterocycles. The number of nitrogens with zero attached hydrogens (tertiary/aromatic N) is 8. The molecule has 0 atom stereocenters. The van der Waals surface area contributed by atoms with E-state index in [1.165, 1.54) is 126 Å². The van der Waals surface area contributed by atoms with Crippen LogP contribution < -0.4 is 0 Å². The largest absolute Gasteiger partial charge is 0.309 e. The van der Waals surface area contributed by atoms with Gasteiger partial charge in [-0.3, -0.25) is 0 Å². The van der Waals surface area contributed by atoms with Gasteiger partial charge >= 0.3 is 0 Å². The smallest absolute Gasteiger partial charge is 0.0715 e. The van der Waals surface area contributed by atoms with Crippen LogP contribution >= 0.6 is 0 Å². The van der Waals surface area contributed by atoms with Gasteiger partial charge in [0.2, 0.25) is 0 Å². The van der Waals surface area contributed by atoms with E-state index in [0.29, 0.717) is 0 Å². The van der Waals surface area contributed by atoms with E-state index in [0.717, 1.165) is 124 Å². The lowest BCUT2D eigenvalue weighted by molar-refractivity contribution is 1.13. The second-order valence-corrected chi connectivity index (χ2v) is 36.5. The molecule has 8 heteroatoms. The van der Waals surface area contributed by atoms with Crippen molar-refractivity contribution in [3.8, 4) is 140 Å². The molecule has 143 heavy (non-hydrogen) atoms. The van der Waals surface area contributed by atoms with E-state index in [-0.39, 0.29) is 0 Å². The summed E-state index contributed by atoms with van der Waals surface area (Å²) in [5, 5.41) is 12.5. The van der Waals surface area contributed by atoms with E-state index in [1.54, 1.807) is 0 Å². The highest BCUT2D eigenvalue weighted by molar-refractivity contribution is 6.14. The first kappa shape index (κ1) is 84.4. The molecule has 0 spiro atoms. The monoisotopic (exact) mass is 1820 g/mol. The topological polar surface area (TPSA) is 63.3 Å². The average molecular weight is 1820 g/mol. The molecule has 0 saturated heterocycles. The van der Waals surface area contributed by atoms with Crippen molar-refractivity contribution in [1.82, 2.24) is 37.8 Å². The number of para-hydroxylation sites is 10. The number of pyridine rings is 3. The zero-order valence-electron chi connectivity index (χ0n) is 78.0. The van der Waals surface area contributed by atoms with Crippen molar-refractivity contribution in [3.05, 3.63) is 546 Å². The Bertz CT molecular complexity index is 9050. The molecular formula is C135H90N8. The first-order valence-corrected chi connectivity index (χ1v) is 48.8. The van der Waals surface area contributed by atoms with Crippen molar-refractivity contribution in [1.29, 1.82) is 0 Å². The van der Waals surface area contributed by atoms with Crippen LogP contribution in [0.3, 0.4) is 0 Å². The Balaban J connectivity index is 0.000000112. The van der Waals surface area contributed by atoms with Gasteiger partial charge in [-0.15, -0.1) is 0 Å². The molecule has 0 aliphatic rings. The molecule has 0 amide bonds. The molecular weight excluding hydrogens is 1730 g/mol. The van der Waals surface area contributed by atoms with Gasteiger partial charge in [-0.2, -0.15) is 0 Å². The van der Waals surface area contributed by atoms with Gasteiger partial charge in [-0.1, -0.05) is 394 Å². The highest BCUT2D eigenvalue weighted by Crippen LogP contribution is 2.45. The van der Waals surface area contributed by atoms with Crippen molar-refractivity contribution in [2.24, 2.45) is 0 Å². The third-order valence-electron chi connectivity index (χ3n) is 28.0. The maximum atomic E-state index is 5.33. The van der Waals surface area contributed by atoms with E-state index in [2.05, 4.69) is 557 Å². The number of hydrogen-bond acceptors (Lipinski definition) is 3. The maximum absolute atomic E-state index is 5.33. The highest BCUT2D eigenvalue weighted by atomic mass is 15.0. The lowest BCUT2D eigenvalue weighted by Crippen LogP contribution is -2.00. The summed E-state index contributed by atoms with van der Waals surface area (Å²) in [4.78, 5) is 15.6. The van der Waals surface area contributed by atoms with Crippen LogP contribution in [0.25, 0.3) is 250 Å². The zero-order valence-corrected chi connectivity index (χ0v) is 78.0. The molecule has 0 N–H and O–H groups in total. The van der Waals surface area contributed by atoms with Crippen LogP contribution in [0.15, 0.2) is 546 Å². The summed E-state index contributed by atoms with van der Waals surface area (Å²) >= 11 is 0. The summed E-state index contributed by atoms with van der Waals surface area (Å²) in [6.07, 6.45) is 0. The summed E-state index contributed by atoms with van der Waals surface area (Å²) < 4.78 is 12.0. The molecule has 0 radical (unpaired) electrons. The molecule has 0 bridgehead atoms. The van der Waals surface area contributed by atoms with Crippen LogP contribution in [0.4, 0.5) is 0 Å². The van der Waals surface area contributed by atoms with Gasteiger partial charge in [-0.25, -0.2) is 15.0 Å². The predicted molar refractivity (Wildman–Crippen MR) is 599 cm³/mol. The van der Waals surface area contributed by atoms with Crippen molar-refractivity contribution in [3.63, 3.8) is 0 Å². The SMILES string of the molecule is c1ccc(-c2cc(-c3cc(-n4c5ccccc5c5ccccc54)cc(-n4c5ccccc5c5ccccc54)c3)cc(-c3ccccc3)n2)cc1.c1ccc(-c2cc(-c3ccc(-n4c5ccccc5c5ccccc54)cc3)cc(-c3ccccc3)n2)cc1.c1ccc(-c2cccc(-c3cc(-c4cc(-n5c6ccccc6c6ccccc65)cc(-n5c6ccccc6c6ccccc65)c4)cc(-c4ccccc4)n3)c2)cc1. The van der Waals surface area contributed by atoms with E-state index in [9.17, 15) is 0 Å². The molecule has 0 unspecified atom stereocenters. The van der Waals surface area contributed by atoms with Gasteiger partial charge in [0.15, 0.2) is 0 Å². The van der Waals surface area contributed by atoms with E-state index in [1.807, 2.05) is 12.1 Å². The molecule has 0 aliphatic heterocycles. The quantitative estimate of drug-likeness (QED) is 0.103. The summed E-state index contributed by atoms with van der Waals surface area (Å²) in [5.74, 6) is 0. The molecule has 8 nitrogen and oxygen atoms in total. The predicted octanol–water partition coefficient (Wildman–Crippen LogP) is 35.4. The van der Waals surface area contributed by atoms with Gasteiger partial charge in [-0.05, 0) is 196 Å². The van der Waals surface area contributed by atoms with Gasteiger partial charge in [0, 0.05) is 116 Å². The molecule has 8 aromatic heterocycles. The maximum Gasteiger partial charge on any atom is 0.0715 e. The summed E-state index contributed by atoms with van der Waals surface area (Å²) in [6, 6.07) is 195. The fraction of sp³-hybridized carbons (Fsp3) is 0. The summed E-state index contributed by atoms with van der Waals surface area (Å²) in [6.45, 7) is 0. The summed E-state index contributed by atoms with van der Waals surface area (Å²) in [5.41, 5.74) is 38.9. The Kier molecular flexibility index (Phi) is 21.5. The van der Waals surface area contributed by atoms with Crippen LogP contribution in [0.1, 0.15) is 0 Å². The third kappa shape index (κ3) is 15.6. The van der Waals surface area contributed by atoms with E-state index >= 15 is 0 Å². The third-order valence-corrected chi connectivity index (χ3v) is 28.0. The summed E-state index contributed by atoms with van der Waals surface area (Å²) in [7, 11) is 0. The van der Waals surface area contributed by atoms with Crippen LogP contribution in [-0.2, 0) is 0 Å². The molecule has 28 rings (SSSR count). The van der Waals surface area contributed by atoms with Crippen LogP contribution in [0, 0.1) is 0 Å². The fourth-order valence-electron chi connectivity index (χ4n) is 21.4. The Hall–Kier alpha value is -19.2. The molecule has 0 fully saturated rings. The number of rotatable bonds is 15. The highest BCUT2D eigenvalue weighted by Gasteiger charge is 2.24. The molecule has 20 aromatic carbocycles. The van der Waals surface area contributed by atoms with Gasteiger partial charge < -0.3 is 22.8 Å². The van der Waals surface area contributed by atoms with Crippen molar-refractivity contribution in [2.75, 3.05) is 0 Å². The normalized spacial score (nSPS) is 11.5. The molecule has 28 aromatic rings. The van der Waals surface area contributed by atoms with Crippen molar-refractivity contribution < 1.29 is 0 Å². The Labute approximate surface area is 827 Å². The average Bonchev–Trinajstić information content (AvgIpc) is 1.59. The lowest BCUT2D eigenvalue weighted by atomic mass is 9.97. The van der Waals surface area contributed by atoms with Crippen LogP contribution in [-0.4, -0.2) is 37.8 Å². The minimum absolute atomic E-state index is 0.930. The second kappa shape index (κ2) is 36.4. The Morgan fingerprint density at radius 2 is 0.266 bits per heavy atom. The number of benzene rings is 20. The lowest BCUT2D eigenvalue weighted by Gasteiger charge is -2.17. The first-order valence-electron chi connectivity index (χ1n) is 48.8. The zero-order chi connectivity index (χ0) is 94.6. The van der Waals surface area contributed by atoms with E-state index < -0.39 is 0 Å². The van der Waals surface area contributed by atoms with Gasteiger partial charge in [0.25, 0.3) is 0 Å². The number of hydrogen-bond donors (Lipinski definition) is 0.